The van der Waals surface area contributed by atoms with Crippen LogP contribution in [0, 0.1) is 0 Å². The number of alkyl carbamates (subject to hydrolysis) is 1. The van der Waals surface area contributed by atoms with Crippen LogP contribution in [0.4, 0.5) is 13.6 Å². The molecular formula is C29H32ClF2N3O5. The molecule has 0 saturated heterocycles. The lowest BCUT2D eigenvalue weighted by molar-refractivity contribution is -0.126. The number of aliphatic hydroxyl groups is 1. The van der Waals surface area contributed by atoms with Gasteiger partial charge in [-0.05, 0) is 30.2 Å². The van der Waals surface area contributed by atoms with Crippen LogP contribution in [0.2, 0.25) is 5.02 Å². The minimum absolute atomic E-state index is 0.0469. The van der Waals surface area contributed by atoms with Gasteiger partial charge in [0.05, 0.1) is 12.6 Å². The summed E-state index contributed by atoms with van der Waals surface area (Å²) in [6, 6.07) is 13.9. The van der Waals surface area contributed by atoms with Crippen molar-refractivity contribution in [1.29, 1.82) is 0 Å². The molecule has 40 heavy (non-hydrogen) atoms. The number of amides is 2. The number of hydrogen-bond acceptors (Lipinski definition) is 5. The molecule has 0 saturated carbocycles. The lowest BCUT2D eigenvalue weighted by Crippen LogP contribution is -2.51. The fourth-order valence-electron chi connectivity index (χ4n) is 4.13. The van der Waals surface area contributed by atoms with Crippen LogP contribution in [0.25, 0.3) is 0 Å². The van der Waals surface area contributed by atoms with Crippen molar-refractivity contribution in [2.24, 2.45) is 0 Å². The van der Waals surface area contributed by atoms with Gasteiger partial charge in [0.2, 0.25) is 5.91 Å². The average Bonchev–Trinajstić information content (AvgIpc) is 2.95. The predicted molar refractivity (Wildman–Crippen MR) is 147 cm³/mol. The highest BCUT2D eigenvalue weighted by atomic mass is 35.5. The number of pyridine rings is 1. The van der Waals surface area contributed by atoms with Gasteiger partial charge in [0, 0.05) is 28.8 Å². The number of aromatic nitrogens is 1. The molecule has 11 heteroatoms. The molecule has 0 aliphatic rings. The standard InChI is InChI=1S/C29H32ClF2N3O5/c1-2-3-14-24(27(38)34-23(18-36)16-20-11-8-15-33-26(20)37)35-28(39)40-25(19-9-5-4-6-10-19)29(31,32)21-12-7-13-22(30)17-21/h4-13,15,17,23-25,36H,2-3,14,16,18H2,1H3,(H,33,37)(H,34,38)(H,35,39)/t23-,24-,25?/m0/s1. The third-order valence-corrected chi connectivity index (χ3v) is 6.49. The highest BCUT2D eigenvalue weighted by Gasteiger charge is 2.46. The van der Waals surface area contributed by atoms with E-state index in [0.29, 0.717) is 18.4 Å². The molecule has 214 valence electrons. The Morgan fingerprint density at radius 1 is 1.07 bits per heavy atom. The van der Waals surface area contributed by atoms with Crippen molar-refractivity contribution >= 4 is 23.6 Å². The second-order valence-corrected chi connectivity index (χ2v) is 9.72. The zero-order valence-electron chi connectivity index (χ0n) is 21.9. The van der Waals surface area contributed by atoms with E-state index in [9.17, 15) is 19.5 Å². The molecule has 3 rings (SSSR count). The van der Waals surface area contributed by atoms with Crippen molar-refractivity contribution in [3.05, 3.63) is 105 Å². The first-order valence-corrected chi connectivity index (χ1v) is 13.3. The zero-order chi connectivity index (χ0) is 29.1. The highest BCUT2D eigenvalue weighted by Crippen LogP contribution is 2.43. The summed E-state index contributed by atoms with van der Waals surface area (Å²) in [5.41, 5.74) is -0.394. The zero-order valence-corrected chi connectivity index (χ0v) is 22.7. The molecule has 1 unspecified atom stereocenters. The minimum atomic E-state index is -3.66. The lowest BCUT2D eigenvalue weighted by atomic mass is 9.97. The van der Waals surface area contributed by atoms with Gasteiger partial charge in [0.1, 0.15) is 6.04 Å². The molecule has 1 heterocycles. The quantitative estimate of drug-likeness (QED) is 0.232. The number of aromatic amines is 1. The molecule has 0 bridgehead atoms. The second-order valence-electron chi connectivity index (χ2n) is 9.29. The van der Waals surface area contributed by atoms with Gasteiger partial charge in [-0.1, -0.05) is 79.9 Å². The van der Waals surface area contributed by atoms with E-state index in [4.69, 9.17) is 16.3 Å². The Labute approximate surface area is 235 Å². The number of benzene rings is 2. The van der Waals surface area contributed by atoms with E-state index < -0.39 is 48.3 Å². The number of hydrogen-bond donors (Lipinski definition) is 4. The first kappa shape index (κ1) is 30.8. The molecule has 2 aromatic carbocycles. The maximum Gasteiger partial charge on any atom is 0.408 e. The average molecular weight is 576 g/mol. The van der Waals surface area contributed by atoms with Crippen LogP contribution < -0.4 is 16.2 Å². The summed E-state index contributed by atoms with van der Waals surface area (Å²) >= 11 is 5.94. The van der Waals surface area contributed by atoms with Crippen molar-refractivity contribution in [1.82, 2.24) is 15.6 Å². The molecule has 0 aliphatic heterocycles. The van der Waals surface area contributed by atoms with Gasteiger partial charge in [-0.3, -0.25) is 9.59 Å². The van der Waals surface area contributed by atoms with Crippen molar-refractivity contribution in [2.45, 2.75) is 56.7 Å². The normalized spacial score (nSPS) is 13.6. The minimum Gasteiger partial charge on any atom is -0.434 e. The maximum atomic E-state index is 15.7. The Kier molecular flexibility index (Phi) is 11.2. The summed E-state index contributed by atoms with van der Waals surface area (Å²) in [5, 5.41) is 14.9. The number of H-pyrrole nitrogens is 1. The largest absolute Gasteiger partial charge is 0.434 e. The molecule has 8 nitrogen and oxygen atoms in total. The van der Waals surface area contributed by atoms with Crippen LogP contribution in [0.15, 0.2) is 77.7 Å². The summed E-state index contributed by atoms with van der Waals surface area (Å²) in [5.74, 6) is -4.30. The fourth-order valence-corrected chi connectivity index (χ4v) is 4.32. The third kappa shape index (κ3) is 8.37. The van der Waals surface area contributed by atoms with Crippen LogP contribution >= 0.6 is 11.6 Å². The summed E-state index contributed by atoms with van der Waals surface area (Å²) in [4.78, 5) is 40.6. The highest BCUT2D eigenvalue weighted by molar-refractivity contribution is 6.30. The first-order chi connectivity index (χ1) is 19.1. The second kappa shape index (κ2) is 14.6. The molecule has 3 aromatic rings. The fraction of sp³-hybridized carbons (Fsp3) is 0.345. The molecule has 2 amide bonds. The predicted octanol–water partition coefficient (Wildman–Crippen LogP) is 4.87. The van der Waals surface area contributed by atoms with Gasteiger partial charge in [-0.15, -0.1) is 0 Å². The van der Waals surface area contributed by atoms with E-state index in [-0.39, 0.29) is 29.0 Å². The summed E-state index contributed by atoms with van der Waals surface area (Å²) < 4.78 is 36.7. The van der Waals surface area contributed by atoms with Gasteiger partial charge in [0.15, 0.2) is 6.10 Å². The van der Waals surface area contributed by atoms with E-state index in [1.807, 2.05) is 6.92 Å². The van der Waals surface area contributed by atoms with Gasteiger partial charge < -0.3 is 25.5 Å². The monoisotopic (exact) mass is 575 g/mol. The van der Waals surface area contributed by atoms with Gasteiger partial charge in [0.25, 0.3) is 5.56 Å². The van der Waals surface area contributed by atoms with Gasteiger partial charge in [-0.25, -0.2) is 4.79 Å². The molecule has 0 aliphatic carbocycles. The molecular weight excluding hydrogens is 544 g/mol. The van der Waals surface area contributed by atoms with Crippen molar-refractivity contribution in [2.75, 3.05) is 6.61 Å². The number of halogens is 3. The smallest absolute Gasteiger partial charge is 0.408 e. The number of carbonyl (C=O) groups is 2. The van der Waals surface area contributed by atoms with Crippen LogP contribution in [0.5, 0.6) is 0 Å². The third-order valence-electron chi connectivity index (χ3n) is 6.25. The van der Waals surface area contributed by atoms with E-state index in [2.05, 4.69) is 15.6 Å². The number of nitrogens with one attached hydrogen (secondary N) is 3. The van der Waals surface area contributed by atoms with Crippen molar-refractivity contribution in [3.8, 4) is 0 Å². The Hall–Kier alpha value is -3.76. The summed E-state index contributed by atoms with van der Waals surface area (Å²) in [6.45, 7) is 1.43. The molecule has 3 atom stereocenters. The van der Waals surface area contributed by atoms with Crippen LogP contribution in [0.3, 0.4) is 0 Å². The Balaban J connectivity index is 1.78. The van der Waals surface area contributed by atoms with E-state index in [0.717, 1.165) is 6.07 Å². The van der Waals surface area contributed by atoms with Crippen LogP contribution in [0.1, 0.15) is 49.0 Å². The number of alkyl halides is 2. The Bertz CT molecular complexity index is 1320. The van der Waals surface area contributed by atoms with Crippen LogP contribution in [-0.2, 0) is 21.9 Å². The maximum absolute atomic E-state index is 15.7. The van der Waals surface area contributed by atoms with Gasteiger partial charge >= 0.3 is 12.0 Å². The Morgan fingerprint density at radius 3 is 2.48 bits per heavy atom. The molecule has 1 aromatic heterocycles. The molecule has 4 N–H and O–H groups in total. The number of carbonyl (C=O) groups excluding carboxylic acids is 2. The van der Waals surface area contributed by atoms with E-state index in [1.165, 1.54) is 36.5 Å². The van der Waals surface area contributed by atoms with E-state index >= 15 is 8.78 Å². The topological polar surface area (TPSA) is 121 Å². The molecule has 0 spiro atoms. The number of rotatable bonds is 13. The molecule has 0 fully saturated rings. The van der Waals surface area contributed by atoms with Crippen LogP contribution in [-0.4, -0.2) is 40.8 Å². The van der Waals surface area contributed by atoms with Gasteiger partial charge in [-0.2, -0.15) is 8.78 Å². The SMILES string of the molecule is CCCC[C@H](NC(=O)OC(c1ccccc1)C(F)(F)c1cccc(Cl)c1)C(=O)N[C@H](CO)Cc1ccc[nH]c1=O. The lowest BCUT2D eigenvalue weighted by Gasteiger charge is -2.29. The summed E-state index contributed by atoms with van der Waals surface area (Å²) in [7, 11) is 0. The Morgan fingerprint density at radius 2 is 1.82 bits per heavy atom. The van der Waals surface area contributed by atoms with Crippen molar-refractivity contribution < 1.29 is 28.2 Å². The summed E-state index contributed by atoms with van der Waals surface area (Å²) in [6.07, 6.45) is -0.283. The first-order valence-electron chi connectivity index (χ1n) is 12.9. The number of ether oxygens (including phenoxy) is 1. The van der Waals surface area contributed by atoms with E-state index in [1.54, 1.807) is 30.3 Å². The number of aliphatic hydroxyl groups excluding tert-OH is 1. The van der Waals surface area contributed by atoms with Crippen molar-refractivity contribution in [3.63, 3.8) is 0 Å². The number of unbranched alkanes of at least 4 members (excludes halogenated alkanes) is 1. The molecule has 0 radical (unpaired) electrons.